The van der Waals surface area contributed by atoms with E-state index >= 15 is 0 Å². The first-order valence-corrected chi connectivity index (χ1v) is 10.7. The Morgan fingerprint density at radius 1 is 1.17 bits per heavy atom. The van der Waals surface area contributed by atoms with Gasteiger partial charge in [-0.2, -0.15) is 0 Å². The molecule has 6 nitrogen and oxygen atoms in total. The van der Waals surface area contributed by atoms with Crippen LogP contribution in [0.5, 0.6) is 0 Å². The lowest BCUT2D eigenvalue weighted by atomic mass is 9.94. The van der Waals surface area contributed by atoms with Gasteiger partial charge in [-0.15, -0.1) is 0 Å². The molecule has 1 aliphatic rings. The highest BCUT2D eigenvalue weighted by Crippen LogP contribution is 2.17. The molecule has 0 spiro atoms. The Morgan fingerprint density at radius 3 is 2.34 bits per heavy atom. The quantitative estimate of drug-likeness (QED) is 0.732. The van der Waals surface area contributed by atoms with Crippen molar-refractivity contribution in [2.45, 2.75) is 71.6 Å². The van der Waals surface area contributed by atoms with Gasteiger partial charge in [0.25, 0.3) is 0 Å². The fourth-order valence-electron chi connectivity index (χ4n) is 3.66. The van der Waals surface area contributed by atoms with Crippen molar-refractivity contribution < 1.29 is 14.3 Å². The van der Waals surface area contributed by atoms with Gasteiger partial charge in [0, 0.05) is 32.1 Å². The minimum absolute atomic E-state index is 0.0811. The van der Waals surface area contributed by atoms with Crippen molar-refractivity contribution in [2.24, 2.45) is 5.92 Å². The number of piperidine rings is 1. The summed E-state index contributed by atoms with van der Waals surface area (Å²) in [5.41, 5.74) is 0.714. The molecule has 29 heavy (non-hydrogen) atoms. The summed E-state index contributed by atoms with van der Waals surface area (Å²) in [6.45, 7) is 11.8. The Bertz CT molecular complexity index is 649. The van der Waals surface area contributed by atoms with Gasteiger partial charge in [-0.05, 0) is 65.0 Å². The smallest absolute Gasteiger partial charge is 0.407 e. The molecule has 6 heteroatoms. The third-order valence-electron chi connectivity index (χ3n) is 5.37. The van der Waals surface area contributed by atoms with E-state index in [0.717, 1.165) is 38.9 Å². The van der Waals surface area contributed by atoms with E-state index in [1.54, 1.807) is 6.92 Å². The molecule has 1 saturated heterocycles. The van der Waals surface area contributed by atoms with Crippen molar-refractivity contribution in [1.29, 1.82) is 0 Å². The summed E-state index contributed by atoms with van der Waals surface area (Å²) in [5, 5.41) is 6.67. The van der Waals surface area contributed by atoms with E-state index in [-0.39, 0.29) is 24.1 Å². The van der Waals surface area contributed by atoms with E-state index in [9.17, 15) is 9.59 Å². The topological polar surface area (TPSA) is 70.7 Å². The Hall–Kier alpha value is -2.08. The second kappa shape index (κ2) is 10.6. The number of nitrogens with one attached hydrogen (secondary N) is 2. The van der Waals surface area contributed by atoms with Crippen molar-refractivity contribution in [1.82, 2.24) is 15.5 Å². The second-order valence-corrected chi connectivity index (χ2v) is 9.09. The number of carbonyl (C=O) groups is 2. The molecule has 0 saturated carbocycles. The van der Waals surface area contributed by atoms with Crippen LogP contribution in [0, 0.1) is 5.92 Å². The summed E-state index contributed by atoms with van der Waals surface area (Å²) in [6, 6.07) is 10.3. The molecule has 0 aliphatic carbocycles. The number of hydrogen-bond donors (Lipinski definition) is 2. The van der Waals surface area contributed by atoms with Crippen molar-refractivity contribution in [3.63, 3.8) is 0 Å². The van der Waals surface area contributed by atoms with E-state index in [1.807, 2.05) is 50.8 Å². The maximum Gasteiger partial charge on any atom is 0.407 e. The van der Waals surface area contributed by atoms with Gasteiger partial charge in [-0.25, -0.2) is 4.79 Å². The van der Waals surface area contributed by atoms with Crippen LogP contribution in [0.3, 0.4) is 0 Å². The van der Waals surface area contributed by atoms with Gasteiger partial charge in [0.15, 0.2) is 0 Å². The Labute approximate surface area is 175 Å². The Kier molecular flexibility index (Phi) is 8.50. The summed E-state index contributed by atoms with van der Waals surface area (Å²) in [7, 11) is 0. The molecular formula is C23H37N3O3. The van der Waals surface area contributed by atoms with E-state index < -0.39 is 5.60 Å². The Balaban J connectivity index is 1.94. The third kappa shape index (κ3) is 8.44. The lowest BCUT2D eigenvalue weighted by Gasteiger charge is -2.33. The lowest BCUT2D eigenvalue weighted by Crippen LogP contribution is -2.52. The average molecular weight is 404 g/mol. The van der Waals surface area contributed by atoms with Crippen LogP contribution in [-0.2, 0) is 16.0 Å². The lowest BCUT2D eigenvalue weighted by molar-refractivity contribution is -0.130. The SMILES string of the molecule is CC(=O)N1CCC(CN[C@H](Cc2ccccc2)[C@@H](C)NC(=O)OC(C)(C)C)CC1. The maximum absolute atomic E-state index is 12.2. The van der Waals surface area contributed by atoms with E-state index in [4.69, 9.17) is 4.74 Å². The van der Waals surface area contributed by atoms with E-state index in [2.05, 4.69) is 22.8 Å². The molecule has 2 amide bonds. The maximum atomic E-state index is 12.2. The van der Waals surface area contributed by atoms with Crippen LogP contribution in [0.2, 0.25) is 0 Å². The molecule has 2 rings (SSSR count). The Morgan fingerprint density at radius 2 is 1.79 bits per heavy atom. The zero-order chi connectivity index (χ0) is 21.4. The summed E-state index contributed by atoms with van der Waals surface area (Å²) < 4.78 is 5.42. The number of rotatable bonds is 7. The number of alkyl carbamates (subject to hydrolysis) is 1. The summed E-state index contributed by atoms with van der Waals surface area (Å²) >= 11 is 0. The molecule has 2 atom stereocenters. The highest BCUT2D eigenvalue weighted by Gasteiger charge is 2.25. The standard InChI is InChI=1S/C23H37N3O3/c1-17(25-22(28)29-23(3,4)5)21(15-19-9-7-6-8-10-19)24-16-20-11-13-26(14-12-20)18(2)27/h6-10,17,20-21,24H,11-16H2,1-5H3,(H,25,28)/t17-,21-/m1/s1. The average Bonchev–Trinajstić information content (AvgIpc) is 2.64. The molecule has 0 radical (unpaired) electrons. The first-order valence-electron chi connectivity index (χ1n) is 10.7. The molecule has 1 heterocycles. The minimum Gasteiger partial charge on any atom is -0.444 e. The van der Waals surface area contributed by atoms with Crippen LogP contribution in [0.25, 0.3) is 0 Å². The number of hydrogen-bond acceptors (Lipinski definition) is 4. The molecule has 2 N–H and O–H groups in total. The van der Waals surface area contributed by atoms with Gasteiger partial charge in [0.05, 0.1) is 0 Å². The van der Waals surface area contributed by atoms with Crippen LogP contribution in [0.15, 0.2) is 30.3 Å². The van der Waals surface area contributed by atoms with Crippen LogP contribution >= 0.6 is 0 Å². The van der Waals surface area contributed by atoms with Gasteiger partial charge in [-0.1, -0.05) is 30.3 Å². The van der Waals surface area contributed by atoms with Crippen LogP contribution in [0.1, 0.15) is 53.0 Å². The van der Waals surface area contributed by atoms with Gasteiger partial charge in [0.1, 0.15) is 5.60 Å². The van der Waals surface area contributed by atoms with Gasteiger partial charge in [-0.3, -0.25) is 4.79 Å². The number of amides is 2. The summed E-state index contributed by atoms with van der Waals surface area (Å²) in [6.07, 6.45) is 2.46. The first-order chi connectivity index (χ1) is 13.6. The van der Waals surface area contributed by atoms with Gasteiger partial charge < -0.3 is 20.3 Å². The van der Waals surface area contributed by atoms with Crippen LogP contribution in [0.4, 0.5) is 4.79 Å². The minimum atomic E-state index is -0.517. The fraction of sp³-hybridized carbons (Fsp3) is 0.652. The van der Waals surface area contributed by atoms with Crippen LogP contribution < -0.4 is 10.6 Å². The number of nitrogens with zero attached hydrogens (tertiary/aromatic N) is 1. The summed E-state index contributed by atoms with van der Waals surface area (Å²) in [4.78, 5) is 25.7. The molecule has 162 valence electrons. The molecule has 1 aromatic carbocycles. The summed E-state index contributed by atoms with van der Waals surface area (Å²) in [5.74, 6) is 0.700. The second-order valence-electron chi connectivity index (χ2n) is 9.09. The van der Waals surface area contributed by atoms with Crippen LogP contribution in [-0.4, -0.2) is 54.2 Å². The number of carbonyl (C=O) groups excluding carboxylic acids is 2. The number of likely N-dealkylation sites (tertiary alicyclic amines) is 1. The van der Waals surface area contributed by atoms with Gasteiger partial charge in [0.2, 0.25) is 5.91 Å². The largest absolute Gasteiger partial charge is 0.444 e. The molecule has 0 unspecified atom stereocenters. The van der Waals surface area contributed by atoms with E-state index in [0.29, 0.717) is 5.92 Å². The monoisotopic (exact) mass is 403 g/mol. The predicted octanol–water partition coefficient (Wildman–Crippen LogP) is 3.36. The molecule has 0 aromatic heterocycles. The highest BCUT2D eigenvalue weighted by molar-refractivity contribution is 5.73. The van der Waals surface area contributed by atoms with Crippen molar-refractivity contribution >= 4 is 12.0 Å². The molecule has 0 bridgehead atoms. The number of benzene rings is 1. The van der Waals surface area contributed by atoms with Gasteiger partial charge >= 0.3 is 6.09 Å². The van der Waals surface area contributed by atoms with E-state index in [1.165, 1.54) is 5.56 Å². The predicted molar refractivity (Wildman–Crippen MR) is 116 cm³/mol. The highest BCUT2D eigenvalue weighted by atomic mass is 16.6. The number of ether oxygens (including phenoxy) is 1. The fourth-order valence-corrected chi connectivity index (χ4v) is 3.66. The third-order valence-corrected chi connectivity index (χ3v) is 5.37. The molecule has 1 fully saturated rings. The molecule has 1 aliphatic heterocycles. The first kappa shape index (κ1) is 23.2. The molecular weight excluding hydrogens is 366 g/mol. The normalized spacial score (nSPS) is 17.5. The zero-order valence-electron chi connectivity index (χ0n) is 18.5. The van der Waals surface area contributed by atoms with Crippen molar-refractivity contribution in [2.75, 3.05) is 19.6 Å². The molecule has 1 aromatic rings. The zero-order valence-corrected chi connectivity index (χ0v) is 18.5. The van der Waals surface area contributed by atoms with Crippen molar-refractivity contribution in [3.8, 4) is 0 Å². The van der Waals surface area contributed by atoms with Crippen molar-refractivity contribution in [3.05, 3.63) is 35.9 Å².